The van der Waals surface area contributed by atoms with Crippen molar-refractivity contribution in [2.75, 3.05) is 19.8 Å². The second kappa shape index (κ2) is 34.2. The number of aliphatic carboxylic acids is 6. The number of aliphatic hydroxyl groups excluding tert-OH is 6. The van der Waals surface area contributed by atoms with Gasteiger partial charge in [-0.25, -0.2) is 0 Å². The van der Waals surface area contributed by atoms with Crippen LogP contribution >= 0.6 is 0 Å². The fraction of sp³-hybridized carbons (Fsp3) is 0.949. The van der Waals surface area contributed by atoms with Crippen LogP contribution in [-0.2, 0) is 43.0 Å². The molecule has 16 bridgehead atoms. The van der Waals surface area contributed by atoms with Crippen LogP contribution in [-0.4, -0.2) is 204 Å². The molecule has 0 aliphatic heterocycles. The normalized spacial score (nSPS) is 58.5. The van der Waals surface area contributed by atoms with Crippen molar-refractivity contribution < 1.29 is 120 Å². The first-order valence-corrected chi connectivity index (χ1v) is 58.6. The van der Waals surface area contributed by atoms with E-state index in [4.69, 9.17) is 14.2 Å². The largest absolute Gasteiger partial charge is 0.481 e. The van der Waals surface area contributed by atoms with E-state index in [1.807, 2.05) is 0 Å². The molecule has 24 nitrogen and oxygen atoms in total. The number of carboxylic acid groups (broad SMARTS) is 6. The lowest BCUT2D eigenvalue weighted by Gasteiger charge is -2.84. The third kappa shape index (κ3) is 13.6. The van der Waals surface area contributed by atoms with E-state index in [0.717, 1.165) is 83.5 Å². The molecular weight excluding hydrogens is 1800 g/mol. The minimum atomic E-state index is -2.93. The average molecular weight is 1980 g/mol. The monoisotopic (exact) mass is 1980 g/mol. The number of rotatable bonds is 27. The Kier molecular flexibility index (Phi) is 24.1. The highest BCUT2D eigenvalue weighted by molar-refractivity contribution is 5.90. The standard InChI is InChI=1S/C118H178O24/c1-56(10-19-93(125)126)78-13-16-81-96-84(40-90(122)109(78,81)7)106(4)72(37-87(96)119)46-114(137,47-75(106)52-140-99-66-25-59-22-60(27-66)28-67(99)26-59)102-112(103(131)132)43-65-44-113(55-112,104(133)134)118(117(102,45-65)105(135)136,115(138)48-73-38-88(120)97-82-17-14-79(57(2)11-20-94(127)128)110(82,8)91(123)41-85(97)107(73,5)76(50-115)53-141-100-68-29-61-23-62(31-68)32-69(100)30-61)116(139)49-74-39-89(121)98-83-18-15-80(58(3)12-21-95(129)130)111(83,9)92(124)42-86(98)108(74,6)77(51-116)54-142-101-70-33-63-24-64(35-70)36-71(101)34-63/h56-92,96-102,119-124,137-139H,10-55H2,1-9H3,(H,125,126)(H,127,128)(H,129,130)(H,131,132)(H,133,134)(H,135,136)/t56-,57-,58-,59?,60?,61?,62?,63?,64?,65?,66?,67?,68?,69?,70?,71?,72-,73-,74-,75?,76?,77?,78-,79-,80-,81?,82?,83?,84?,85?,86?,87-,88-,89-,90+,91+,92+,96?,97?,98?,99?,100?,101?,102?,106-,107-,108-,109-,110-,111-,112?,113?,114-,115-,116-,117?,118?/m1/s1. The Balaban J connectivity index is 0.707. The third-order valence-electron chi connectivity index (χ3n) is 54.1. The van der Waals surface area contributed by atoms with E-state index in [1.165, 1.54) is 19.3 Å². The van der Waals surface area contributed by atoms with Crippen LogP contribution in [0.4, 0.5) is 0 Å². The van der Waals surface area contributed by atoms with Gasteiger partial charge in [-0.15, -0.1) is 0 Å². The number of aliphatic hydroxyl groups is 9. The summed E-state index contributed by atoms with van der Waals surface area (Å²) in [5.74, 6) is -13.8. The highest BCUT2D eigenvalue weighted by Gasteiger charge is 2.96. The Morgan fingerprint density at radius 3 is 0.923 bits per heavy atom. The van der Waals surface area contributed by atoms with Crippen molar-refractivity contribution in [3.63, 3.8) is 0 Å². The van der Waals surface area contributed by atoms with Gasteiger partial charge in [-0.2, -0.15) is 0 Å². The molecule has 28 aliphatic carbocycles. The lowest BCUT2D eigenvalue weighted by molar-refractivity contribution is -0.421. The molecule has 0 aromatic heterocycles. The smallest absolute Gasteiger partial charge is 0.310 e. The molecule has 0 radical (unpaired) electrons. The topological polar surface area (TPSA) is 434 Å². The molecule has 0 amide bonds. The zero-order valence-electron chi connectivity index (χ0n) is 86.8. The molecule has 794 valence electrons. The number of fused-ring (bicyclic) bond motifs is 15. The Morgan fingerprint density at radius 2 is 0.627 bits per heavy atom. The number of carboxylic acids is 6. The highest BCUT2D eigenvalue weighted by atomic mass is 16.5. The molecule has 0 aromatic carbocycles. The van der Waals surface area contributed by atoms with Gasteiger partial charge in [-0.05, 0) is 491 Å². The number of carbonyl (C=O) groups is 6. The molecular formula is C118H178O24. The van der Waals surface area contributed by atoms with Crippen LogP contribution in [0.25, 0.3) is 0 Å². The lowest BCUT2D eigenvalue weighted by Crippen LogP contribution is -2.91. The summed E-state index contributed by atoms with van der Waals surface area (Å²) in [5, 5.41) is 207. The highest BCUT2D eigenvalue weighted by Crippen LogP contribution is 2.91. The molecule has 142 heavy (non-hydrogen) atoms. The molecule has 28 saturated carbocycles. The number of hydrogen-bond donors (Lipinski definition) is 15. The second-order valence-electron chi connectivity index (χ2n) is 58.7. The quantitative estimate of drug-likeness (QED) is 0.0363. The summed E-state index contributed by atoms with van der Waals surface area (Å²) in [4.78, 5) is 89.6. The summed E-state index contributed by atoms with van der Waals surface area (Å²) in [6, 6.07) is 0. The van der Waals surface area contributed by atoms with Crippen LogP contribution < -0.4 is 0 Å². The van der Waals surface area contributed by atoms with Crippen LogP contribution in [0.3, 0.4) is 0 Å². The van der Waals surface area contributed by atoms with Crippen molar-refractivity contribution in [1.29, 1.82) is 0 Å². The molecule has 28 fully saturated rings. The van der Waals surface area contributed by atoms with Gasteiger partial charge in [0.25, 0.3) is 0 Å². The summed E-state index contributed by atoms with van der Waals surface area (Å²) in [5.41, 5.74) is -23.9. The maximum Gasteiger partial charge on any atom is 0.310 e. The SMILES string of the molecule is C[C@H](CCC(=O)O)[C@H]1CCC2C3C(C[C@H](O)[C@@]21C)[C@@]1(C)C(COC2C4CC5CC(C4)CC2C5)C[C@@](O)(C2C4(C(=O)O)CC5CC(C(=O)O)(C4)C([C@]4(O)CC(COC6C7CC8CC(C7)CC6C8)[C@]6(C)C7C[C@H](O)[C@@]8(C)C(CC[C@@H]8[C@H](C)CCC(=O)O)C7[C@H](O)C[C@@H]6C4)([C@]4(O)CC(COC6C7CC8CC(C7)CC6C8)[C@]6(C)C7C[C@H](O)[C@@]8(C)C(CC[C@@H]8[C@H](C)CCC(=O)O)C7[C@H](O)C[C@@H]6C4)C2(C(=O)O)C5)C[C@H]1C[C@H]3O. The summed E-state index contributed by atoms with van der Waals surface area (Å²) in [7, 11) is 0. The second-order valence-corrected chi connectivity index (χ2v) is 58.7. The molecule has 24 heteroatoms. The molecule has 0 saturated heterocycles. The van der Waals surface area contributed by atoms with Crippen molar-refractivity contribution in [2.45, 2.75) is 410 Å². The van der Waals surface area contributed by atoms with Gasteiger partial charge in [-0.1, -0.05) is 62.3 Å². The first-order valence-electron chi connectivity index (χ1n) is 58.6. The van der Waals surface area contributed by atoms with Gasteiger partial charge in [0.2, 0.25) is 0 Å². The molecule has 0 spiro atoms. The number of ether oxygens (including phenoxy) is 3. The Bertz CT molecular complexity index is 4650. The Hall–Kier alpha value is -3.66. The summed E-state index contributed by atoms with van der Waals surface area (Å²) in [6.45, 7) is 19.7. The van der Waals surface area contributed by atoms with E-state index in [0.29, 0.717) is 86.9 Å². The van der Waals surface area contributed by atoms with Crippen LogP contribution in [0.2, 0.25) is 0 Å². The summed E-state index contributed by atoms with van der Waals surface area (Å²) < 4.78 is 23.7. The molecule has 28 rings (SSSR count). The summed E-state index contributed by atoms with van der Waals surface area (Å²) >= 11 is 0. The zero-order valence-corrected chi connectivity index (χ0v) is 86.8. The molecule has 17 unspecified atom stereocenters. The molecule has 28 aliphatic rings. The zero-order chi connectivity index (χ0) is 100. The molecule has 0 aromatic rings. The maximum atomic E-state index is 18.3. The molecule has 0 heterocycles. The van der Waals surface area contributed by atoms with Gasteiger partial charge in [0.15, 0.2) is 0 Å². The van der Waals surface area contributed by atoms with E-state index >= 15 is 29.7 Å². The van der Waals surface area contributed by atoms with Crippen molar-refractivity contribution in [1.82, 2.24) is 0 Å². The predicted octanol–water partition coefficient (Wildman–Crippen LogP) is 16.7. The molecule has 15 N–H and O–H groups in total. The first kappa shape index (κ1) is 100. The lowest BCUT2D eigenvalue weighted by atomic mass is 9.18. The van der Waals surface area contributed by atoms with Gasteiger partial charge in [-0.3, -0.25) is 28.8 Å². The van der Waals surface area contributed by atoms with Gasteiger partial charge < -0.3 is 90.8 Å². The van der Waals surface area contributed by atoms with E-state index in [2.05, 4.69) is 62.3 Å². The minimum Gasteiger partial charge on any atom is -0.481 e. The van der Waals surface area contributed by atoms with E-state index in [1.54, 1.807) is 0 Å². The van der Waals surface area contributed by atoms with Crippen molar-refractivity contribution in [3.05, 3.63) is 0 Å². The minimum absolute atomic E-state index is 0.0206. The first-order chi connectivity index (χ1) is 67.1. The molecule has 41 atom stereocenters. The van der Waals surface area contributed by atoms with Gasteiger partial charge in [0.1, 0.15) is 0 Å². The maximum absolute atomic E-state index is 18.3. The summed E-state index contributed by atoms with van der Waals surface area (Å²) in [6.07, 6.45) is 11.7. The van der Waals surface area contributed by atoms with Crippen LogP contribution in [0.5, 0.6) is 0 Å². The predicted molar refractivity (Wildman–Crippen MR) is 522 cm³/mol. The van der Waals surface area contributed by atoms with Crippen LogP contribution in [0.1, 0.15) is 338 Å². The van der Waals surface area contributed by atoms with Crippen LogP contribution in [0.15, 0.2) is 0 Å². The third-order valence-corrected chi connectivity index (χ3v) is 54.1. The van der Waals surface area contributed by atoms with Gasteiger partial charge in [0.05, 0.1) is 113 Å². The van der Waals surface area contributed by atoms with E-state index in [-0.39, 0.29) is 242 Å². The van der Waals surface area contributed by atoms with Crippen molar-refractivity contribution in [3.8, 4) is 0 Å². The van der Waals surface area contributed by atoms with E-state index < -0.39 is 233 Å². The van der Waals surface area contributed by atoms with Crippen LogP contribution in [0, 0.1) is 261 Å². The van der Waals surface area contributed by atoms with Gasteiger partial charge >= 0.3 is 35.8 Å². The number of hydrogen-bond acceptors (Lipinski definition) is 18. The van der Waals surface area contributed by atoms with Gasteiger partial charge in [0, 0.05) is 25.2 Å². The van der Waals surface area contributed by atoms with Crippen molar-refractivity contribution >= 4 is 35.8 Å². The Labute approximate surface area is 842 Å². The fourth-order valence-electron chi connectivity index (χ4n) is 50.1. The van der Waals surface area contributed by atoms with E-state index in [9.17, 15) is 75.7 Å². The Morgan fingerprint density at radius 1 is 0.317 bits per heavy atom. The fourth-order valence-corrected chi connectivity index (χ4v) is 50.1. The van der Waals surface area contributed by atoms with Crippen molar-refractivity contribution in [2.24, 2.45) is 261 Å². The average Bonchev–Trinajstić information content (AvgIpc) is 0.894.